The van der Waals surface area contributed by atoms with Gasteiger partial charge in [-0.15, -0.1) is 0 Å². The van der Waals surface area contributed by atoms with Crippen LogP contribution in [0.1, 0.15) is 37.0 Å². The molecule has 1 aliphatic rings. The van der Waals surface area contributed by atoms with Gasteiger partial charge in [0.2, 0.25) is 5.89 Å². The molecule has 2 aromatic heterocycles. The van der Waals surface area contributed by atoms with E-state index in [1.165, 1.54) is 18.4 Å². The van der Waals surface area contributed by atoms with Gasteiger partial charge in [-0.1, -0.05) is 12.1 Å². The molecule has 0 unspecified atom stereocenters. The first-order chi connectivity index (χ1) is 8.83. The van der Waals surface area contributed by atoms with Crippen molar-refractivity contribution in [1.82, 2.24) is 20.0 Å². The lowest BCUT2D eigenvalue weighted by Crippen LogP contribution is -2.14. The predicted molar refractivity (Wildman–Crippen MR) is 67.1 cm³/mol. The average Bonchev–Trinajstić information content (AvgIpc) is 2.93. The van der Waals surface area contributed by atoms with E-state index in [1.807, 2.05) is 6.92 Å². The Morgan fingerprint density at radius 2 is 2.39 bits per heavy atom. The maximum atomic E-state index is 5.18. The summed E-state index contributed by atoms with van der Waals surface area (Å²) < 4.78 is 7.26. The summed E-state index contributed by atoms with van der Waals surface area (Å²) in [7, 11) is 0. The number of aromatic nitrogens is 3. The van der Waals surface area contributed by atoms with E-state index in [0.717, 1.165) is 24.8 Å². The Morgan fingerprint density at radius 3 is 3.11 bits per heavy atom. The Bertz CT molecular complexity index is 513. The molecule has 5 nitrogen and oxygen atoms in total. The van der Waals surface area contributed by atoms with Gasteiger partial charge in [-0.2, -0.15) is 4.98 Å². The van der Waals surface area contributed by atoms with E-state index in [0.29, 0.717) is 12.4 Å². The van der Waals surface area contributed by atoms with E-state index < -0.39 is 0 Å². The second-order valence-corrected chi connectivity index (χ2v) is 4.81. The van der Waals surface area contributed by atoms with Crippen molar-refractivity contribution in [3.63, 3.8) is 0 Å². The smallest absolute Gasteiger partial charge is 0.246 e. The largest absolute Gasteiger partial charge is 0.345 e. The first-order valence-corrected chi connectivity index (χ1v) is 6.53. The zero-order chi connectivity index (χ0) is 12.4. The van der Waals surface area contributed by atoms with Gasteiger partial charge in [-0.05, 0) is 24.5 Å². The Morgan fingerprint density at radius 1 is 1.50 bits per heavy atom. The molecule has 3 rings (SSSR count). The van der Waals surface area contributed by atoms with Crippen molar-refractivity contribution in [2.45, 2.75) is 45.3 Å². The topological polar surface area (TPSA) is 55.9 Å². The highest BCUT2D eigenvalue weighted by Gasteiger charge is 2.20. The number of rotatable bonds is 6. The molecule has 0 aromatic carbocycles. The van der Waals surface area contributed by atoms with E-state index >= 15 is 0 Å². The van der Waals surface area contributed by atoms with Crippen molar-refractivity contribution in [3.8, 4) is 0 Å². The van der Waals surface area contributed by atoms with Crippen LogP contribution >= 0.6 is 0 Å². The Hall–Kier alpha value is -1.62. The number of aryl methyl sites for hydroxylation is 1. The summed E-state index contributed by atoms with van der Waals surface area (Å²) in [5.41, 5.74) is 1.30. The van der Waals surface area contributed by atoms with Gasteiger partial charge < -0.3 is 14.4 Å². The summed E-state index contributed by atoms with van der Waals surface area (Å²) in [6, 6.07) is 2.88. The van der Waals surface area contributed by atoms with Gasteiger partial charge in [0.25, 0.3) is 0 Å². The van der Waals surface area contributed by atoms with Gasteiger partial charge in [0.05, 0.1) is 0 Å². The van der Waals surface area contributed by atoms with E-state index in [1.54, 1.807) is 0 Å². The summed E-state index contributed by atoms with van der Waals surface area (Å²) in [4.78, 5) is 4.30. The highest BCUT2D eigenvalue weighted by molar-refractivity contribution is 5.11. The van der Waals surface area contributed by atoms with E-state index in [2.05, 4.69) is 38.5 Å². The highest BCUT2D eigenvalue weighted by Crippen LogP contribution is 2.19. The lowest BCUT2D eigenvalue weighted by Gasteiger charge is -1.99. The molecule has 5 heteroatoms. The van der Waals surface area contributed by atoms with Crippen LogP contribution < -0.4 is 5.32 Å². The second kappa shape index (κ2) is 4.94. The number of nitrogens with one attached hydrogen (secondary N) is 1. The first-order valence-electron chi connectivity index (χ1n) is 6.53. The van der Waals surface area contributed by atoms with Gasteiger partial charge in [-0.3, -0.25) is 0 Å². The zero-order valence-corrected chi connectivity index (χ0v) is 10.6. The predicted octanol–water partition coefficient (Wildman–Crippen LogP) is 1.73. The monoisotopic (exact) mass is 246 g/mol. The van der Waals surface area contributed by atoms with Crippen molar-refractivity contribution in [3.05, 3.63) is 35.7 Å². The standard InChI is InChI=1S/C13H18N4O/c1-2-12-15-13(18-16-12)9-17-6-5-10(8-17)7-14-11-3-4-11/h5-6,8,11,14H,2-4,7,9H2,1H3. The molecular weight excluding hydrogens is 228 g/mol. The van der Waals surface area contributed by atoms with Crippen LogP contribution in [0.5, 0.6) is 0 Å². The number of nitrogens with zero attached hydrogens (tertiary/aromatic N) is 3. The minimum Gasteiger partial charge on any atom is -0.345 e. The molecule has 2 heterocycles. The van der Waals surface area contributed by atoms with Crippen LogP contribution in [0.4, 0.5) is 0 Å². The van der Waals surface area contributed by atoms with E-state index in [4.69, 9.17) is 4.52 Å². The summed E-state index contributed by atoms with van der Waals surface area (Å²) >= 11 is 0. The third kappa shape index (κ3) is 2.79. The molecule has 0 bridgehead atoms. The first kappa shape index (κ1) is 11.5. The molecule has 18 heavy (non-hydrogen) atoms. The van der Waals surface area contributed by atoms with E-state index in [9.17, 15) is 0 Å². The molecule has 1 saturated carbocycles. The molecule has 1 aliphatic carbocycles. The summed E-state index contributed by atoms with van der Waals surface area (Å²) in [6.07, 6.45) is 7.64. The lowest BCUT2D eigenvalue weighted by molar-refractivity contribution is 0.366. The molecule has 0 amide bonds. The van der Waals surface area contributed by atoms with Crippen molar-refractivity contribution in [2.24, 2.45) is 0 Å². The van der Waals surface area contributed by atoms with Crippen LogP contribution in [0.25, 0.3) is 0 Å². The number of hydrogen-bond acceptors (Lipinski definition) is 4. The zero-order valence-electron chi connectivity index (χ0n) is 10.6. The van der Waals surface area contributed by atoms with Crippen LogP contribution in [-0.4, -0.2) is 20.7 Å². The molecule has 2 aromatic rings. The summed E-state index contributed by atoms with van der Waals surface area (Å²) in [6.45, 7) is 3.62. The van der Waals surface area contributed by atoms with Crippen molar-refractivity contribution >= 4 is 0 Å². The third-order valence-electron chi connectivity index (χ3n) is 3.13. The minimum absolute atomic E-state index is 0.649. The van der Waals surface area contributed by atoms with Crippen LogP contribution in [-0.2, 0) is 19.5 Å². The molecule has 0 aliphatic heterocycles. The minimum atomic E-state index is 0.649. The maximum absolute atomic E-state index is 5.18. The Kier molecular flexibility index (Phi) is 3.15. The lowest BCUT2D eigenvalue weighted by atomic mass is 10.3. The Balaban J connectivity index is 1.58. The molecule has 1 fully saturated rings. The quantitative estimate of drug-likeness (QED) is 0.843. The van der Waals surface area contributed by atoms with Gasteiger partial charge >= 0.3 is 0 Å². The summed E-state index contributed by atoms with van der Waals surface area (Å²) in [5, 5.41) is 7.39. The molecule has 96 valence electrons. The molecule has 0 radical (unpaired) electrons. The van der Waals surface area contributed by atoms with Crippen LogP contribution in [0, 0.1) is 0 Å². The van der Waals surface area contributed by atoms with Crippen molar-refractivity contribution in [2.75, 3.05) is 0 Å². The van der Waals surface area contributed by atoms with E-state index in [-0.39, 0.29) is 0 Å². The van der Waals surface area contributed by atoms with Crippen LogP contribution in [0.15, 0.2) is 23.0 Å². The fourth-order valence-electron chi connectivity index (χ4n) is 1.90. The van der Waals surface area contributed by atoms with Crippen LogP contribution in [0.3, 0.4) is 0 Å². The highest BCUT2D eigenvalue weighted by atomic mass is 16.5. The van der Waals surface area contributed by atoms with Crippen LogP contribution in [0.2, 0.25) is 0 Å². The average molecular weight is 246 g/mol. The molecule has 0 spiro atoms. The fourth-order valence-corrected chi connectivity index (χ4v) is 1.90. The molecule has 0 atom stereocenters. The van der Waals surface area contributed by atoms with Gasteiger partial charge in [0, 0.05) is 31.4 Å². The summed E-state index contributed by atoms with van der Waals surface area (Å²) in [5.74, 6) is 1.44. The molecule has 0 saturated heterocycles. The van der Waals surface area contributed by atoms with Gasteiger partial charge in [0.1, 0.15) is 6.54 Å². The number of hydrogen-bond donors (Lipinski definition) is 1. The third-order valence-corrected chi connectivity index (χ3v) is 3.13. The van der Waals surface area contributed by atoms with Crippen molar-refractivity contribution < 1.29 is 4.52 Å². The fraction of sp³-hybridized carbons (Fsp3) is 0.538. The normalized spacial score (nSPS) is 15.2. The Labute approximate surface area is 106 Å². The SMILES string of the molecule is CCc1noc(Cn2ccc(CNC3CC3)c2)n1. The molecular formula is C13H18N4O. The van der Waals surface area contributed by atoms with Gasteiger partial charge in [-0.25, -0.2) is 0 Å². The maximum Gasteiger partial charge on any atom is 0.246 e. The van der Waals surface area contributed by atoms with Gasteiger partial charge in [0.15, 0.2) is 5.82 Å². The second-order valence-electron chi connectivity index (χ2n) is 4.81. The van der Waals surface area contributed by atoms with Crippen molar-refractivity contribution in [1.29, 1.82) is 0 Å². The molecule has 1 N–H and O–H groups in total.